The van der Waals surface area contributed by atoms with E-state index in [0.29, 0.717) is 24.3 Å². The Bertz CT molecular complexity index is 443. The lowest BCUT2D eigenvalue weighted by Crippen LogP contribution is -2.87. The number of nitrogens with one attached hydrogen (secondary N) is 1. The fourth-order valence-electron chi connectivity index (χ4n) is 3.30. The number of aliphatic hydroxyl groups excluding tert-OH is 1. The smallest absolute Gasteiger partial charge is 0.185 e. The topological polar surface area (TPSA) is 67.9 Å². The van der Waals surface area contributed by atoms with Crippen molar-refractivity contribution in [1.82, 2.24) is 0 Å². The summed E-state index contributed by atoms with van der Waals surface area (Å²) in [5.41, 5.74) is 1.26. The summed E-state index contributed by atoms with van der Waals surface area (Å²) in [6.07, 6.45) is 3.56. The van der Waals surface area contributed by atoms with Gasteiger partial charge in [0.2, 0.25) is 0 Å². The second-order valence-electron chi connectivity index (χ2n) is 7.08. The second-order valence-corrected chi connectivity index (χ2v) is 7.08. The Kier molecular flexibility index (Phi) is 4.63. The number of hydrogen-bond donors (Lipinski definition) is 3. The molecule has 0 saturated carbocycles. The van der Waals surface area contributed by atoms with Gasteiger partial charge in [-0.25, -0.2) is 4.99 Å². The molecule has 4 heteroatoms. The fourth-order valence-corrected chi connectivity index (χ4v) is 3.30. The number of carbonyl (C=O) groups is 1. The van der Waals surface area contributed by atoms with Gasteiger partial charge in [0.1, 0.15) is 17.9 Å². The van der Waals surface area contributed by atoms with E-state index < -0.39 is 0 Å². The number of hydrogen-bond acceptors (Lipinski definition) is 2. The van der Waals surface area contributed by atoms with Crippen LogP contribution in [0, 0.1) is 11.3 Å². The highest BCUT2D eigenvalue weighted by atomic mass is 16.3. The molecule has 1 heterocycles. The molecule has 4 N–H and O–H groups in total. The van der Waals surface area contributed by atoms with Crippen LogP contribution in [-0.2, 0) is 4.79 Å². The van der Waals surface area contributed by atoms with Gasteiger partial charge in [-0.1, -0.05) is 13.8 Å². The summed E-state index contributed by atoms with van der Waals surface area (Å²) in [4.78, 5) is 15.6. The second kappa shape index (κ2) is 6.08. The fraction of sp³-hybridized carbons (Fsp3) is 0.750. The van der Waals surface area contributed by atoms with Crippen molar-refractivity contribution in [3.8, 4) is 0 Å². The Morgan fingerprint density at radius 2 is 2.00 bits per heavy atom. The van der Waals surface area contributed by atoms with Gasteiger partial charge in [-0.3, -0.25) is 4.79 Å². The zero-order valence-electron chi connectivity index (χ0n) is 13.0. The van der Waals surface area contributed by atoms with Crippen molar-refractivity contribution < 1.29 is 20.2 Å². The lowest BCUT2D eigenvalue weighted by Gasteiger charge is -2.28. The van der Waals surface area contributed by atoms with Crippen LogP contribution in [0.4, 0.5) is 0 Å². The van der Waals surface area contributed by atoms with Crippen molar-refractivity contribution in [2.45, 2.75) is 46.5 Å². The lowest BCUT2D eigenvalue weighted by molar-refractivity contribution is -0.667. The molecule has 4 nitrogen and oxygen atoms in total. The molecule has 0 aromatic carbocycles. The highest BCUT2D eigenvalue weighted by Gasteiger charge is 2.35. The minimum Gasteiger partial charge on any atom is -0.511 e. The van der Waals surface area contributed by atoms with Crippen LogP contribution < -0.4 is 10.3 Å². The van der Waals surface area contributed by atoms with Gasteiger partial charge >= 0.3 is 0 Å². The Balaban J connectivity index is 2.07. The Labute approximate surface area is 121 Å². The Morgan fingerprint density at radius 1 is 1.35 bits per heavy atom. The zero-order valence-corrected chi connectivity index (χ0v) is 13.0. The molecule has 0 amide bonds. The van der Waals surface area contributed by atoms with Crippen LogP contribution in [0.25, 0.3) is 0 Å². The third-order valence-corrected chi connectivity index (χ3v) is 4.44. The highest BCUT2D eigenvalue weighted by Crippen LogP contribution is 2.35. The maximum atomic E-state index is 12.2. The maximum Gasteiger partial charge on any atom is 0.185 e. The number of ketones is 1. The van der Waals surface area contributed by atoms with Crippen LogP contribution in [0.1, 0.15) is 46.5 Å². The molecule has 0 aromatic rings. The zero-order chi connectivity index (χ0) is 14.8. The van der Waals surface area contributed by atoms with E-state index in [1.54, 1.807) is 0 Å². The SMILES string of the molecule is CC(=[NH+]CC1CC[NH2+]CC1)C1=C(O)CC(C)(C)CC1=O. The van der Waals surface area contributed by atoms with E-state index in [9.17, 15) is 9.90 Å². The summed E-state index contributed by atoms with van der Waals surface area (Å²) in [5, 5.41) is 12.5. The minimum atomic E-state index is -0.121. The van der Waals surface area contributed by atoms with Crippen molar-refractivity contribution >= 4 is 11.5 Å². The van der Waals surface area contributed by atoms with Gasteiger partial charge in [-0.15, -0.1) is 0 Å². The number of carbonyl (C=O) groups excluding carboxylic acids is 1. The van der Waals surface area contributed by atoms with Crippen LogP contribution in [-0.4, -0.2) is 36.2 Å². The van der Waals surface area contributed by atoms with Crippen LogP contribution >= 0.6 is 0 Å². The monoisotopic (exact) mass is 280 g/mol. The van der Waals surface area contributed by atoms with Crippen molar-refractivity contribution in [2.75, 3.05) is 19.6 Å². The third-order valence-electron chi connectivity index (χ3n) is 4.44. The number of aliphatic hydroxyl groups is 1. The summed E-state index contributed by atoms with van der Waals surface area (Å²) >= 11 is 0. The predicted molar refractivity (Wildman–Crippen MR) is 78.6 cm³/mol. The molecule has 0 bridgehead atoms. The average Bonchev–Trinajstić information content (AvgIpc) is 2.35. The lowest BCUT2D eigenvalue weighted by atomic mass is 9.76. The van der Waals surface area contributed by atoms with Gasteiger partial charge in [-0.2, -0.15) is 0 Å². The van der Waals surface area contributed by atoms with Gasteiger partial charge in [0, 0.05) is 38.5 Å². The molecule has 0 spiro atoms. The number of Topliss-reactive ketones (excluding diaryl/α,β-unsaturated/α-hetero) is 1. The number of nitrogens with two attached hydrogens (primary N) is 1. The first kappa shape index (κ1) is 15.2. The summed E-state index contributed by atoms with van der Waals surface area (Å²) in [7, 11) is 0. The van der Waals surface area contributed by atoms with E-state index in [1.807, 2.05) is 20.8 Å². The summed E-state index contributed by atoms with van der Waals surface area (Å²) in [5.74, 6) is 1.02. The van der Waals surface area contributed by atoms with Crippen molar-refractivity contribution in [1.29, 1.82) is 0 Å². The predicted octanol–water partition coefficient (Wildman–Crippen LogP) is -0.297. The molecule has 0 atom stereocenters. The number of quaternary nitrogens is 1. The molecule has 112 valence electrons. The van der Waals surface area contributed by atoms with Gasteiger partial charge in [0.15, 0.2) is 11.5 Å². The van der Waals surface area contributed by atoms with Crippen molar-refractivity contribution in [2.24, 2.45) is 11.3 Å². The van der Waals surface area contributed by atoms with E-state index in [-0.39, 0.29) is 17.0 Å². The molecule has 0 radical (unpaired) electrons. The van der Waals surface area contributed by atoms with E-state index in [4.69, 9.17) is 0 Å². The molecular weight excluding hydrogens is 252 g/mol. The molecule has 2 rings (SSSR count). The Morgan fingerprint density at radius 3 is 2.60 bits per heavy atom. The first-order valence-electron chi connectivity index (χ1n) is 7.74. The number of rotatable bonds is 3. The van der Waals surface area contributed by atoms with E-state index in [1.165, 1.54) is 25.9 Å². The summed E-state index contributed by atoms with van der Waals surface area (Å²) < 4.78 is 0. The summed E-state index contributed by atoms with van der Waals surface area (Å²) in [6, 6.07) is 0. The normalized spacial score (nSPS) is 25.1. The van der Waals surface area contributed by atoms with Crippen LogP contribution in [0.2, 0.25) is 0 Å². The molecule has 2 aliphatic rings. The van der Waals surface area contributed by atoms with Gasteiger partial charge in [0.25, 0.3) is 0 Å². The molecule has 1 fully saturated rings. The molecule has 0 aromatic heterocycles. The first-order valence-corrected chi connectivity index (χ1v) is 7.74. The minimum absolute atomic E-state index is 0.0701. The van der Waals surface area contributed by atoms with Crippen LogP contribution in [0.5, 0.6) is 0 Å². The largest absolute Gasteiger partial charge is 0.511 e. The average molecular weight is 280 g/mol. The molecule has 1 saturated heterocycles. The van der Waals surface area contributed by atoms with Gasteiger partial charge in [-0.05, 0) is 5.41 Å². The molecular formula is C16H28N2O2+2. The van der Waals surface area contributed by atoms with Crippen molar-refractivity contribution in [3.05, 3.63) is 11.3 Å². The third kappa shape index (κ3) is 3.69. The van der Waals surface area contributed by atoms with Gasteiger partial charge < -0.3 is 10.4 Å². The molecule has 0 unspecified atom stereocenters. The highest BCUT2D eigenvalue weighted by molar-refractivity contribution is 6.20. The van der Waals surface area contributed by atoms with E-state index >= 15 is 0 Å². The van der Waals surface area contributed by atoms with E-state index in [2.05, 4.69) is 10.3 Å². The first-order chi connectivity index (χ1) is 9.39. The standard InChI is InChI=1S/C16H26N2O2/c1-11(18-10-12-4-6-17-7-5-12)15-13(19)8-16(2,3)9-14(15)20/h12,17,19H,4-10H2,1-3H3/p+2. The van der Waals surface area contributed by atoms with Crippen LogP contribution in [0.15, 0.2) is 11.3 Å². The maximum absolute atomic E-state index is 12.2. The van der Waals surface area contributed by atoms with Crippen molar-refractivity contribution in [3.63, 3.8) is 0 Å². The molecule has 20 heavy (non-hydrogen) atoms. The van der Waals surface area contributed by atoms with Crippen LogP contribution in [0.3, 0.4) is 0 Å². The Hall–Kier alpha value is -1.16. The quantitative estimate of drug-likeness (QED) is 0.622. The molecule has 1 aliphatic heterocycles. The molecule has 1 aliphatic carbocycles. The van der Waals surface area contributed by atoms with E-state index in [0.717, 1.165) is 12.3 Å². The summed E-state index contributed by atoms with van der Waals surface area (Å²) in [6.45, 7) is 9.28. The van der Waals surface area contributed by atoms with Gasteiger partial charge in [0.05, 0.1) is 13.1 Å². The number of piperidine rings is 1. The number of allylic oxidation sites excluding steroid dienone is 2.